The van der Waals surface area contributed by atoms with Crippen LogP contribution in [-0.4, -0.2) is 30.6 Å². The van der Waals surface area contributed by atoms with Gasteiger partial charge in [-0.05, 0) is 37.0 Å². The first-order valence-electron chi connectivity index (χ1n) is 6.13. The van der Waals surface area contributed by atoms with Gasteiger partial charge in [0.1, 0.15) is 0 Å². The maximum absolute atomic E-state index is 6.16. The summed E-state index contributed by atoms with van der Waals surface area (Å²) in [6.45, 7) is 8.41. The molecule has 0 bridgehead atoms. The molecule has 14 heavy (non-hydrogen) atoms. The summed E-state index contributed by atoms with van der Waals surface area (Å²) in [5.41, 5.74) is 6.16. The van der Waals surface area contributed by atoms with Gasteiger partial charge in [-0.2, -0.15) is 0 Å². The third-order valence-corrected chi connectivity index (χ3v) is 3.64. The molecule has 2 aliphatic rings. The first kappa shape index (κ1) is 10.4. The fourth-order valence-corrected chi connectivity index (χ4v) is 2.91. The maximum Gasteiger partial charge on any atom is 0.0196 e. The molecule has 1 aliphatic carbocycles. The largest absolute Gasteiger partial charge is 0.326 e. The minimum absolute atomic E-state index is 0.451. The number of likely N-dealkylation sites (tertiary alicyclic amines) is 1. The summed E-state index contributed by atoms with van der Waals surface area (Å²) in [6, 6.07) is 0.451. The van der Waals surface area contributed by atoms with Crippen molar-refractivity contribution in [3.05, 3.63) is 0 Å². The van der Waals surface area contributed by atoms with Gasteiger partial charge < -0.3 is 10.6 Å². The first-order chi connectivity index (χ1) is 6.65. The number of nitrogens with two attached hydrogens (primary N) is 1. The third kappa shape index (κ3) is 2.71. The van der Waals surface area contributed by atoms with Gasteiger partial charge in [0.2, 0.25) is 0 Å². The van der Waals surface area contributed by atoms with Crippen molar-refractivity contribution in [1.82, 2.24) is 4.90 Å². The molecule has 0 aromatic heterocycles. The van der Waals surface area contributed by atoms with Crippen molar-refractivity contribution < 1.29 is 0 Å². The van der Waals surface area contributed by atoms with Crippen LogP contribution < -0.4 is 5.73 Å². The fourth-order valence-electron chi connectivity index (χ4n) is 2.91. The minimum atomic E-state index is 0.451. The quantitative estimate of drug-likeness (QED) is 0.744. The zero-order chi connectivity index (χ0) is 10.1. The summed E-state index contributed by atoms with van der Waals surface area (Å²) in [4.78, 5) is 2.59. The van der Waals surface area contributed by atoms with Gasteiger partial charge in [-0.1, -0.05) is 13.8 Å². The van der Waals surface area contributed by atoms with Crippen LogP contribution in [0.5, 0.6) is 0 Å². The van der Waals surface area contributed by atoms with Gasteiger partial charge in [-0.3, -0.25) is 0 Å². The minimum Gasteiger partial charge on any atom is -0.326 e. The van der Waals surface area contributed by atoms with Crippen molar-refractivity contribution in [1.29, 1.82) is 0 Å². The Bertz CT molecular complexity index is 179. The molecule has 82 valence electrons. The van der Waals surface area contributed by atoms with Crippen LogP contribution in [0.25, 0.3) is 0 Å². The SMILES string of the molecule is CC1CC(C)CN(CC(N)C2CC2)C1. The Hall–Kier alpha value is -0.0800. The highest BCUT2D eigenvalue weighted by Gasteiger charge is 2.31. The molecule has 2 heteroatoms. The van der Waals surface area contributed by atoms with Gasteiger partial charge in [0, 0.05) is 25.7 Å². The molecule has 1 saturated carbocycles. The van der Waals surface area contributed by atoms with Crippen molar-refractivity contribution in [3.63, 3.8) is 0 Å². The van der Waals surface area contributed by atoms with E-state index in [1.165, 1.54) is 32.4 Å². The normalized spacial score (nSPS) is 37.1. The molecule has 2 N–H and O–H groups in total. The molecule has 0 radical (unpaired) electrons. The van der Waals surface area contributed by atoms with Crippen LogP contribution in [-0.2, 0) is 0 Å². The predicted octanol–water partition coefficient (Wildman–Crippen LogP) is 1.70. The first-order valence-corrected chi connectivity index (χ1v) is 6.13. The standard InChI is InChI=1S/C12H24N2/c1-9-5-10(2)7-14(6-9)8-12(13)11-3-4-11/h9-12H,3-8,13H2,1-2H3. The highest BCUT2D eigenvalue weighted by atomic mass is 15.1. The van der Waals surface area contributed by atoms with Crippen LogP contribution in [0.3, 0.4) is 0 Å². The van der Waals surface area contributed by atoms with Crippen LogP contribution in [0.4, 0.5) is 0 Å². The third-order valence-electron chi connectivity index (χ3n) is 3.64. The monoisotopic (exact) mass is 196 g/mol. The van der Waals surface area contributed by atoms with Gasteiger partial charge in [0.25, 0.3) is 0 Å². The van der Waals surface area contributed by atoms with Crippen molar-refractivity contribution in [3.8, 4) is 0 Å². The summed E-state index contributed by atoms with van der Waals surface area (Å²) in [6.07, 6.45) is 4.15. The second-order valence-corrected chi connectivity index (χ2v) is 5.67. The van der Waals surface area contributed by atoms with E-state index in [9.17, 15) is 0 Å². The summed E-state index contributed by atoms with van der Waals surface area (Å²) < 4.78 is 0. The van der Waals surface area contributed by atoms with E-state index in [4.69, 9.17) is 5.73 Å². The zero-order valence-electron chi connectivity index (χ0n) is 9.58. The van der Waals surface area contributed by atoms with E-state index in [0.29, 0.717) is 6.04 Å². The van der Waals surface area contributed by atoms with E-state index < -0.39 is 0 Å². The molecule has 0 amide bonds. The fraction of sp³-hybridized carbons (Fsp3) is 1.00. The lowest BCUT2D eigenvalue weighted by atomic mass is 9.91. The van der Waals surface area contributed by atoms with Crippen molar-refractivity contribution >= 4 is 0 Å². The molecule has 3 atom stereocenters. The summed E-state index contributed by atoms with van der Waals surface area (Å²) in [5, 5.41) is 0. The molecule has 1 aliphatic heterocycles. The summed E-state index contributed by atoms with van der Waals surface area (Å²) in [5.74, 6) is 2.58. The number of piperidine rings is 1. The molecule has 2 nitrogen and oxygen atoms in total. The number of nitrogens with zero attached hydrogens (tertiary/aromatic N) is 1. The topological polar surface area (TPSA) is 29.3 Å². The van der Waals surface area contributed by atoms with Crippen LogP contribution in [0.2, 0.25) is 0 Å². The Balaban J connectivity index is 1.78. The van der Waals surface area contributed by atoms with Gasteiger partial charge in [0.15, 0.2) is 0 Å². The summed E-state index contributed by atoms with van der Waals surface area (Å²) in [7, 11) is 0. The zero-order valence-corrected chi connectivity index (χ0v) is 9.58. The van der Waals surface area contributed by atoms with Crippen LogP contribution in [0.1, 0.15) is 33.1 Å². The highest BCUT2D eigenvalue weighted by molar-refractivity contribution is 4.87. The van der Waals surface area contributed by atoms with Gasteiger partial charge in [-0.25, -0.2) is 0 Å². The molecule has 1 heterocycles. The van der Waals surface area contributed by atoms with Gasteiger partial charge >= 0.3 is 0 Å². The molecule has 3 unspecified atom stereocenters. The van der Waals surface area contributed by atoms with Crippen molar-refractivity contribution in [2.75, 3.05) is 19.6 Å². The molecule has 2 rings (SSSR count). The second kappa shape index (κ2) is 4.19. The Morgan fingerprint density at radius 3 is 2.29 bits per heavy atom. The van der Waals surface area contributed by atoms with E-state index in [2.05, 4.69) is 18.7 Å². The van der Waals surface area contributed by atoms with Crippen molar-refractivity contribution in [2.24, 2.45) is 23.5 Å². The number of hydrogen-bond donors (Lipinski definition) is 1. The highest BCUT2D eigenvalue weighted by Crippen LogP contribution is 2.32. The van der Waals surface area contributed by atoms with Crippen LogP contribution in [0.15, 0.2) is 0 Å². The van der Waals surface area contributed by atoms with Crippen LogP contribution >= 0.6 is 0 Å². The molecule has 1 saturated heterocycles. The Morgan fingerprint density at radius 2 is 1.79 bits per heavy atom. The Kier molecular flexibility index (Phi) is 3.13. The average molecular weight is 196 g/mol. The summed E-state index contributed by atoms with van der Waals surface area (Å²) >= 11 is 0. The van der Waals surface area contributed by atoms with Crippen LogP contribution in [0, 0.1) is 17.8 Å². The second-order valence-electron chi connectivity index (χ2n) is 5.67. The number of rotatable bonds is 3. The van der Waals surface area contributed by atoms with E-state index >= 15 is 0 Å². The van der Waals surface area contributed by atoms with E-state index in [0.717, 1.165) is 24.3 Å². The smallest absolute Gasteiger partial charge is 0.0196 e. The van der Waals surface area contributed by atoms with E-state index in [1.807, 2.05) is 0 Å². The molecule has 0 spiro atoms. The molecular weight excluding hydrogens is 172 g/mol. The van der Waals surface area contributed by atoms with Gasteiger partial charge in [-0.15, -0.1) is 0 Å². The van der Waals surface area contributed by atoms with Crippen molar-refractivity contribution in [2.45, 2.75) is 39.2 Å². The lowest BCUT2D eigenvalue weighted by Crippen LogP contribution is -2.45. The average Bonchev–Trinajstić information content (AvgIpc) is 2.82. The predicted molar refractivity (Wildman–Crippen MR) is 60.1 cm³/mol. The molecule has 2 fully saturated rings. The lowest BCUT2D eigenvalue weighted by Gasteiger charge is -2.36. The number of hydrogen-bond acceptors (Lipinski definition) is 2. The Morgan fingerprint density at radius 1 is 1.21 bits per heavy atom. The van der Waals surface area contributed by atoms with E-state index in [-0.39, 0.29) is 0 Å². The maximum atomic E-state index is 6.16. The Labute approximate surface area is 87.8 Å². The molecule has 0 aromatic rings. The molecular formula is C12H24N2. The lowest BCUT2D eigenvalue weighted by molar-refractivity contribution is 0.131. The van der Waals surface area contributed by atoms with E-state index in [1.54, 1.807) is 0 Å². The molecule has 0 aromatic carbocycles. The van der Waals surface area contributed by atoms with Gasteiger partial charge in [0.05, 0.1) is 0 Å².